The van der Waals surface area contributed by atoms with Crippen LogP contribution in [0.2, 0.25) is 5.02 Å². The molecule has 0 amide bonds. The van der Waals surface area contributed by atoms with Crippen LogP contribution in [0.5, 0.6) is 0 Å². The Morgan fingerprint density at radius 3 is 2.70 bits per heavy atom. The van der Waals surface area contributed by atoms with Gasteiger partial charge in [-0.1, -0.05) is 17.7 Å². The monoisotopic (exact) mass is 420 g/mol. The van der Waals surface area contributed by atoms with Crippen LogP contribution < -0.4 is 5.56 Å². The molecule has 1 heterocycles. The normalized spacial score (nSPS) is 10.6. The van der Waals surface area contributed by atoms with Gasteiger partial charge >= 0.3 is 0 Å². The zero-order chi connectivity index (χ0) is 14.9. The van der Waals surface area contributed by atoms with Crippen molar-refractivity contribution >= 4 is 49.1 Å². The Morgan fingerprint density at radius 1 is 1.35 bits per heavy atom. The molecule has 0 spiro atoms. The maximum absolute atomic E-state index is 12.0. The van der Waals surface area contributed by atoms with Gasteiger partial charge in [0.25, 0.3) is 11.2 Å². The summed E-state index contributed by atoms with van der Waals surface area (Å²) in [4.78, 5) is 22.5. The van der Waals surface area contributed by atoms with E-state index >= 15 is 0 Å². The molecule has 0 aliphatic carbocycles. The van der Waals surface area contributed by atoms with Crippen molar-refractivity contribution in [2.75, 3.05) is 0 Å². The van der Waals surface area contributed by atoms with Crippen molar-refractivity contribution < 1.29 is 4.92 Å². The highest BCUT2D eigenvalue weighted by Gasteiger charge is 2.17. The van der Waals surface area contributed by atoms with E-state index in [1.54, 1.807) is 18.3 Å². The van der Waals surface area contributed by atoms with Crippen molar-refractivity contribution in [1.82, 2.24) is 4.57 Å². The fourth-order valence-corrected chi connectivity index (χ4v) is 3.21. The highest BCUT2D eigenvalue weighted by atomic mass is 79.9. The minimum atomic E-state index is -0.515. The molecular formula is C12H7Br2ClN2O3. The molecule has 5 nitrogen and oxygen atoms in total. The summed E-state index contributed by atoms with van der Waals surface area (Å²) in [5, 5.41) is 11.3. The number of nitro benzene ring substituents is 1. The van der Waals surface area contributed by atoms with Gasteiger partial charge in [0.15, 0.2) is 0 Å². The molecule has 0 atom stereocenters. The lowest BCUT2D eigenvalue weighted by Crippen LogP contribution is -2.21. The molecule has 0 aliphatic rings. The Labute approximate surface area is 135 Å². The number of benzene rings is 1. The van der Waals surface area contributed by atoms with E-state index in [1.807, 2.05) is 0 Å². The lowest BCUT2D eigenvalue weighted by molar-refractivity contribution is -0.385. The lowest BCUT2D eigenvalue weighted by atomic mass is 10.1. The van der Waals surface area contributed by atoms with Crippen molar-refractivity contribution in [3.05, 3.63) is 70.5 Å². The van der Waals surface area contributed by atoms with Crippen molar-refractivity contribution in [1.29, 1.82) is 0 Å². The third-order valence-corrected chi connectivity index (χ3v) is 3.98. The Hall–Kier alpha value is -1.18. The van der Waals surface area contributed by atoms with Crippen LogP contribution in [0.25, 0.3) is 0 Å². The second kappa shape index (κ2) is 6.07. The highest BCUT2D eigenvalue weighted by Crippen LogP contribution is 2.27. The zero-order valence-corrected chi connectivity index (χ0v) is 13.8. The predicted molar refractivity (Wildman–Crippen MR) is 83.3 cm³/mol. The Bertz CT molecular complexity index is 746. The van der Waals surface area contributed by atoms with Gasteiger partial charge in [0, 0.05) is 16.7 Å². The molecule has 0 N–H and O–H groups in total. The highest BCUT2D eigenvalue weighted by molar-refractivity contribution is 9.11. The van der Waals surface area contributed by atoms with Crippen LogP contribution in [0, 0.1) is 10.1 Å². The molecule has 0 bridgehead atoms. The first-order valence-corrected chi connectivity index (χ1v) is 7.34. The molecule has 0 radical (unpaired) electrons. The molecule has 0 saturated heterocycles. The largest absolute Gasteiger partial charge is 0.309 e. The van der Waals surface area contributed by atoms with Crippen LogP contribution in [-0.4, -0.2) is 9.49 Å². The summed E-state index contributed by atoms with van der Waals surface area (Å²) in [5.74, 6) is 0. The van der Waals surface area contributed by atoms with Gasteiger partial charge in [-0.2, -0.15) is 0 Å². The third kappa shape index (κ3) is 3.11. The van der Waals surface area contributed by atoms with Crippen LogP contribution in [-0.2, 0) is 6.54 Å². The van der Waals surface area contributed by atoms with Crippen molar-refractivity contribution in [3.8, 4) is 0 Å². The van der Waals surface area contributed by atoms with Gasteiger partial charge in [0.1, 0.15) is 0 Å². The summed E-state index contributed by atoms with van der Waals surface area (Å²) in [6, 6.07) is 6.03. The molecular weight excluding hydrogens is 415 g/mol. The third-order valence-electron chi connectivity index (χ3n) is 2.63. The minimum absolute atomic E-state index is 0.0207. The van der Waals surface area contributed by atoms with E-state index in [0.29, 0.717) is 14.5 Å². The van der Waals surface area contributed by atoms with Gasteiger partial charge in [-0.15, -0.1) is 0 Å². The van der Waals surface area contributed by atoms with E-state index in [4.69, 9.17) is 11.6 Å². The van der Waals surface area contributed by atoms with Crippen molar-refractivity contribution in [3.63, 3.8) is 0 Å². The molecule has 104 valence electrons. The summed E-state index contributed by atoms with van der Waals surface area (Å²) in [6.45, 7) is 0.0207. The Kier molecular flexibility index (Phi) is 4.62. The van der Waals surface area contributed by atoms with E-state index in [2.05, 4.69) is 31.9 Å². The molecule has 0 saturated carbocycles. The average molecular weight is 422 g/mol. The van der Waals surface area contributed by atoms with Crippen LogP contribution in [0.15, 0.2) is 44.2 Å². The number of hydrogen-bond donors (Lipinski definition) is 0. The molecule has 20 heavy (non-hydrogen) atoms. The van der Waals surface area contributed by atoms with Gasteiger partial charge in [0.05, 0.1) is 26.5 Å². The first kappa shape index (κ1) is 15.2. The molecule has 2 aromatic rings. The maximum atomic E-state index is 12.0. The van der Waals surface area contributed by atoms with E-state index in [0.717, 1.165) is 0 Å². The molecule has 0 aliphatic heterocycles. The van der Waals surface area contributed by atoms with E-state index < -0.39 is 4.92 Å². The Morgan fingerprint density at radius 2 is 2.05 bits per heavy atom. The lowest BCUT2D eigenvalue weighted by Gasteiger charge is -2.09. The summed E-state index contributed by atoms with van der Waals surface area (Å²) >= 11 is 12.4. The summed E-state index contributed by atoms with van der Waals surface area (Å²) in [7, 11) is 0. The number of pyridine rings is 1. The van der Waals surface area contributed by atoms with E-state index in [1.165, 1.54) is 16.7 Å². The maximum Gasteiger partial charge on any atom is 0.275 e. The van der Waals surface area contributed by atoms with Gasteiger partial charge in [0.2, 0.25) is 0 Å². The quantitative estimate of drug-likeness (QED) is 0.555. The Balaban J connectivity index is 2.56. The van der Waals surface area contributed by atoms with Crippen LogP contribution in [0.4, 0.5) is 5.69 Å². The number of halogens is 3. The number of hydrogen-bond acceptors (Lipinski definition) is 3. The predicted octanol–water partition coefficient (Wildman–Crippen LogP) is 3.98. The standard InChI is InChI=1S/C12H7Br2ClN2O3/c13-7-4-9(14)12(18)16(5-7)6-8-10(15)2-1-3-11(8)17(19)20/h1-5H,6H2. The fraction of sp³-hybridized carbons (Fsp3) is 0.0833. The number of rotatable bonds is 3. The van der Waals surface area contributed by atoms with Crippen molar-refractivity contribution in [2.24, 2.45) is 0 Å². The number of aromatic nitrogens is 1. The smallest absolute Gasteiger partial charge is 0.275 e. The second-order valence-electron chi connectivity index (χ2n) is 3.93. The molecule has 1 aromatic carbocycles. The van der Waals surface area contributed by atoms with Crippen LogP contribution in [0.1, 0.15) is 5.56 Å². The number of nitro groups is 1. The minimum Gasteiger partial charge on any atom is -0.309 e. The van der Waals surface area contributed by atoms with Crippen LogP contribution >= 0.6 is 43.5 Å². The first-order valence-electron chi connectivity index (χ1n) is 5.37. The first-order chi connectivity index (χ1) is 9.40. The topological polar surface area (TPSA) is 65.1 Å². The second-order valence-corrected chi connectivity index (χ2v) is 6.11. The average Bonchev–Trinajstić information content (AvgIpc) is 2.37. The van der Waals surface area contributed by atoms with Gasteiger partial charge in [-0.3, -0.25) is 14.9 Å². The van der Waals surface area contributed by atoms with Gasteiger partial charge < -0.3 is 4.57 Å². The van der Waals surface area contributed by atoms with Crippen LogP contribution in [0.3, 0.4) is 0 Å². The number of nitrogens with zero attached hydrogens (tertiary/aromatic N) is 2. The molecule has 0 fully saturated rings. The van der Waals surface area contributed by atoms with Gasteiger partial charge in [-0.25, -0.2) is 0 Å². The molecule has 1 aromatic heterocycles. The molecule has 2 rings (SSSR count). The van der Waals surface area contributed by atoms with Crippen molar-refractivity contribution in [2.45, 2.75) is 6.54 Å². The molecule has 0 unspecified atom stereocenters. The summed E-state index contributed by atoms with van der Waals surface area (Å²) < 4.78 is 2.39. The fourth-order valence-electron chi connectivity index (χ4n) is 1.73. The summed E-state index contributed by atoms with van der Waals surface area (Å²) in [6.07, 6.45) is 1.56. The van der Waals surface area contributed by atoms with E-state index in [9.17, 15) is 14.9 Å². The summed E-state index contributed by atoms with van der Waals surface area (Å²) in [5.41, 5.74) is -0.103. The van der Waals surface area contributed by atoms with E-state index in [-0.39, 0.29) is 22.8 Å². The zero-order valence-electron chi connectivity index (χ0n) is 9.85. The SMILES string of the molecule is O=c1c(Br)cc(Br)cn1Cc1c(Cl)cccc1[N+](=O)[O-]. The molecule has 8 heteroatoms. The van der Waals surface area contributed by atoms with Gasteiger partial charge in [-0.05, 0) is 44.0 Å².